The number of carbonyl (C=O) groups is 1. The maximum atomic E-state index is 12.8. The van der Waals surface area contributed by atoms with Crippen LogP contribution in [0.5, 0.6) is 5.75 Å². The molecular formula is C19H26N2O3. The number of rotatable bonds is 3. The molecular weight excluding hydrogens is 304 g/mol. The Morgan fingerprint density at radius 1 is 1.38 bits per heavy atom. The van der Waals surface area contributed by atoms with E-state index in [1.54, 1.807) is 7.11 Å². The Labute approximate surface area is 143 Å². The van der Waals surface area contributed by atoms with Gasteiger partial charge in [0.25, 0.3) is 5.91 Å². The van der Waals surface area contributed by atoms with Crippen LogP contribution >= 0.6 is 0 Å². The van der Waals surface area contributed by atoms with Crippen molar-refractivity contribution in [2.45, 2.75) is 30.9 Å². The Morgan fingerprint density at radius 2 is 2.17 bits per heavy atom. The van der Waals surface area contributed by atoms with E-state index in [0.29, 0.717) is 12.3 Å². The van der Waals surface area contributed by atoms with E-state index in [-0.39, 0.29) is 17.6 Å². The Kier molecular flexibility index (Phi) is 4.01. The molecule has 0 radical (unpaired) electrons. The van der Waals surface area contributed by atoms with Gasteiger partial charge in [-0.05, 0) is 44.0 Å². The monoisotopic (exact) mass is 330 g/mol. The van der Waals surface area contributed by atoms with E-state index in [1.165, 1.54) is 6.42 Å². The molecule has 3 heterocycles. The third kappa shape index (κ3) is 2.60. The number of fused-ring (bicyclic) bond motifs is 1. The number of hydrogen-bond acceptors (Lipinski definition) is 4. The van der Waals surface area contributed by atoms with Gasteiger partial charge in [0.15, 0.2) is 6.10 Å². The normalized spacial score (nSPS) is 28.3. The smallest absolute Gasteiger partial charge is 0.264 e. The molecule has 0 aliphatic carbocycles. The minimum Gasteiger partial charge on any atom is -0.480 e. The number of hydrogen-bond donors (Lipinski definition) is 0. The van der Waals surface area contributed by atoms with E-state index in [4.69, 9.17) is 9.47 Å². The Hall–Kier alpha value is -1.59. The van der Waals surface area contributed by atoms with Crippen LogP contribution in [0.4, 0.5) is 0 Å². The zero-order chi connectivity index (χ0) is 16.7. The molecule has 1 aromatic rings. The van der Waals surface area contributed by atoms with Crippen LogP contribution in [0.15, 0.2) is 24.3 Å². The zero-order valence-electron chi connectivity index (χ0n) is 14.5. The fraction of sp³-hybridized carbons (Fsp3) is 0.632. The largest absolute Gasteiger partial charge is 0.480 e. The number of amides is 1. The average molecular weight is 330 g/mol. The van der Waals surface area contributed by atoms with Crippen LogP contribution in [0, 0.1) is 5.92 Å². The van der Waals surface area contributed by atoms with Crippen molar-refractivity contribution in [1.82, 2.24) is 9.80 Å². The van der Waals surface area contributed by atoms with E-state index in [1.807, 2.05) is 29.2 Å². The van der Waals surface area contributed by atoms with Crippen molar-refractivity contribution in [2.75, 3.05) is 40.4 Å². The number of methoxy groups -OCH3 is 1. The first-order valence-corrected chi connectivity index (χ1v) is 8.85. The van der Waals surface area contributed by atoms with Gasteiger partial charge in [0.05, 0.1) is 5.54 Å². The summed E-state index contributed by atoms with van der Waals surface area (Å²) in [6, 6.07) is 7.95. The molecule has 5 heteroatoms. The molecule has 3 aliphatic heterocycles. The molecule has 24 heavy (non-hydrogen) atoms. The lowest BCUT2D eigenvalue weighted by Gasteiger charge is -2.58. The highest BCUT2D eigenvalue weighted by molar-refractivity contribution is 5.83. The molecule has 0 bridgehead atoms. The first-order valence-electron chi connectivity index (χ1n) is 8.85. The topological polar surface area (TPSA) is 42.0 Å². The minimum atomic E-state index is -0.344. The van der Waals surface area contributed by atoms with Crippen molar-refractivity contribution in [1.29, 1.82) is 0 Å². The maximum Gasteiger partial charge on any atom is 0.264 e. The first kappa shape index (κ1) is 15.9. The quantitative estimate of drug-likeness (QED) is 0.843. The second-order valence-corrected chi connectivity index (χ2v) is 7.57. The molecule has 4 rings (SSSR count). The Balaban J connectivity index is 1.38. The molecule has 3 aliphatic rings. The second kappa shape index (κ2) is 6.05. The number of benzene rings is 1. The summed E-state index contributed by atoms with van der Waals surface area (Å²) >= 11 is 0. The molecule has 5 nitrogen and oxygen atoms in total. The van der Waals surface area contributed by atoms with Crippen LogP contribution in [0.3, 0.4) is 0 Å². The Bertz CT molecular complexity index is 602. The summed E-state index contributed by atoms with van der Waals surface area (Å²) < 4.78 is 11.2. The molecule has 1 aromatic carbocycles. The highest BCUT2D eigenvalue weighted by atomic mass is 16.5. The average Bonchev–Trinajstić information content (AvgIpc) is 2.98. The van der Waals surface area contributed by atoms with Crippen molar-refractivity contribution < 1.29 is 14.3 Å². The lowest BCUT2D eigenvalue weighted by Crippen LogP contribution is -2.73. The molecule has 2 fully saturated rings. The maximum absolute atomic E-state index is 12.8. The zero-order valence-corrected chi connectivity index (χ0v) is 14.5. The number of piperidine rings is 1. The molecule has 130 valence electrons. The van der Waals surface area contributed by atoms with Gasteiger partial charge in [-0.15, -0.1) is 0 Å². The van der Waals surface area contributed by atoms with Gasteiger partial charge in [0, 0.05) is 33.2 Å². The lowest BCUT2D eigenvalue weighted by molar-refractivity contribution is -0.157. The fourth-order valence-corrected chi connectivity index (χ4v) is 4.50. The number of carbonyl (C=O) groups excluding carboxylic acids is 1. The van der Waals surface area contributed by atoms with Gasteiger partial charge >= 0.3 is 0 Å². The van der Waals surface area contributed by atoms with Crippen LogP contribution in [-0.2, 0) is 16.0 Å². The summed E-state index contributed by atoms with van der Waals surface area (Å²) in [5.41, 5.74) is 1.28. The molecule has 1 amide bonds. The van der Waals surface area contributed by atoms with E-state index >= 15 is 0 Å². The van der Waals surface area contributed by atoms with Crippen molar-refractivity contribution in [3.8, 4) is 5.75 Å². The lowest BCUT2D eigenvalue weighted by atomic mass is 9.75. The third-order valence-corrected chi connectivity index (χ3v) is 5.96. The number of nitrogens with zero attached hydrogens (tertiary/aromatic N) is 2. The van der Waals surface area contributed by atoms with E-state index < -0.39 is 0 Å². The van der Waals surface area contributed by atoms with Gasteiger partial charge in [-0.25, -0.2) is 0 Å². The van der Waals surface area contributed by atoms with Gasteiger partial charge < -0.3 is 14.4 Å². The molecule has 0 aromatic heterocycles. The van der Waals surface area contributed by atoms with Crippen molar-refractivity contribution >= 4 is 5.91 Å². The third-order valence-electron chi connectivity index (χ3n) is 5.96. The summed E-state index contributed by atoms with van der Waals surface area (Å²) in [4.78, 5) is 17.2. The van der Waals surface area contributed by atoms with Crippen LogP contribution in [0.2, 0.25) is 0 Å². The number of ether oxygens (including phenoxy) is 2. The van der Waals surface area contributed by atoms with E-state index in [9.17, 15) is 4.79 Å². The SMILES string of the molecule is COCC1CCN(C)C2(C1)CN(C(=O)C1Cc3ccccc3O1)C2. The van der Waals surface area contributed by atoms with Crippen LogP contribution in [0.1, 0.15) is 18.4 Å². The van der Waals surface area contributed by atoms with E-state index in [2.05, 4.69) is 11.9 Å². The second-order valence-electron chi connectivity index (χ2n) is 7.57. The van der Waals surface area contributed by atoms with Crippen LogP contribution in [-0.4, -0.2) is 67.7 Å². The van der Waals surface area contributed by atoms with E-state index in [0.717, 1.165) is 44.0 Å². The summed E-state index contributed by atoms with van der Waals surface area (Å²) in [5.74, 6) is 1.61. The van der Waals surface area contributed by atoms with Crippen molar-refractivity contribution in [2.24, 2.45) is 5.92 Å². The van der Waals surface area contributed by atoms with Gasteiger partial charge in [-0.1, -0.05) is 18.2 Å². The number of para-hydroxylation sites is 1. The molecule has 2 saturated heterocycles. The number of likely N-dealkylation sites (tertiary alicyclic amines) is 2. The molecule has 0 N–H and O–H groups in total. The molecule has 2 atom stereocenters. The molecule has 1 spiro atoms. The van der Waals surface area contributed by atoms with Gasteiger partial charge in [-0.2, -0.15) is 0 Å². The molecule has 2 unspecified atom stereocenters. The summed E-state index contributed by atoms with van der Waals surface area (Å²) in [6.07, 6.45) is 2.65. The molecule has 0 saturated carbocycles. The van der Waals surface area contributed by atoms with Crippen LogP contribution < -0.4 is 4.74 Å². The summed E-state index contributed by atoms with van der Waals surface area (Å²) in [6.45, 7) is 3.55. The first-order chi connectivity index (χ1) is 11.6. The van der Waals surface area contributed by atoms with Gasteiger partial charge in [-0.3, -0.25) is 9.69 Å². The standard InChI is InChI=1S/C19H26N2O3/c1-20-8-7-14(11-23-2)10-19(20)12-21(13-19)18(22)17-9-15-5-3-4-6-16(15)24-17/h3-6,14,17H,7-13H2,1-2H3. The number of likely N-dealkylation sites (N-methyl/N-ethyl adjacent to an activating group) is 1. The van der Waals surface area contributed by atoms with Crippen molar-refractivity contribution in [3.63, 3.8) is 0 Å². The highest BCUT2D eigenvalue weighted by Gasteiger charge is 2.52. The highest BCUT2D eigenvalue weighted by Crippen LogP contribution is 2.39. The van der Waals surface area contributed by atoms with Crippen molar-refractivity contribution in [3.05, 3.63) is 29.8 Å². The minimum absolute atomic E-state index is 0.138. The van der Waals surface area contributed by atoms with Gasteiger partial charge in [0.2, 0.25) is 0 Å². The predicted octanol–water partition coefficient (Wildman–Crippen LogP) is 1.56. The predicted molar refractivity (Wildman–Crippen MR) is 91.1 cm³/mol. The Morgan fingerprint density at radius 3 is 2.92 bits per heavy atom. The van der Waals surface area contributed by atoms with Crippen LogP contribution in [0.25, 0.3) is 0 Å². The summed E-state index contributed by atoms with van der Waals surface area (Å²) in [7, 11) is 3.96. The fourth-order valence-electron chi connectivity index (χ4n) is 4.50. The summed E-state index contributed by atoms with van der Waals surface area (Å²) in [5, 5.41) is 0. The van der Waals surface area contributed by atoms with Gasteiger partial charge in [0.1, 0.15) is 5.75 Å².